The molecule has 0 aromatic rings. The molecule has 536 valence electrons. The number of rotatable bonds is 79. The van der Waals surface area contributed by atoms with Crippen LogP contribution in [-0.4, -0.2) is 37.7 Å². The van der Waals surface area contributed by atoms with E-state index in [0.717, 1.165) is 51.4 Å². The van der Waals surface area contributed by atoms with Crippen molar-refractivity contribution in [3.05, 3.63) is 0 Å². The smallest absolute Gasteiger partial charge is 0.305 e. The molecule has 0 aromatic carbocycles. The summed E-state index contributed by atoms with van der Waals surface area (Å²) in [4.78, 5) is 40.5. The molecule has 0 N–H and O–H groups in total. The Bertz CT molecular complexity index is 1260. The highest BCUT2D eigenvalue weighted by molar-refractivity contribution is 5.70. The molecule has 0 spiro atoms. The number of carbonyl (C=O) groups is 3. The molecule has 0 aliphatic carbocycles. The number of ether oxygens (including phenoxy) is 3. The van der Waals surface area contributed by atoms with Crippen molar-refractivity contribution in [3.8, 4) is 0 Å². The summed E-state index contributed by atoms with van der Waals surface area (Å²) in [5.74, 6) is -0.534. The lowest BCUT2D eigenvalue weighted by Gasteiger charge is -2.32. The molecule has 0 unspecified atom stereocenters. The monoisotopic (exact) mass is 1270 g/mol. The zero-order valence-corrected chi connectivity index (χ0v) is 62.2. The van der Waals surface area contributed by atoms with Gasteiger partial charge in [0.25, 0.3) is 0 Å². The second-order valence-corrected chi connectivity index (χ2v) is 29.5. The first kappa shape index (κ1) is 88.4. The highest BCUT2D eigenvalue weighted by atomic mass is 16.6. The summed E-state index contributed by atoms with van der Waals surface area (Å²) >= 11 is 0. The normalized spacial score (nSPS) is 11.7. The van der Waals surface area contributed by atoms with Crippen molar-refractivity contribution in [3.63, 3.8) is 0 Å². The second kappa shape index (κ2) is 76.4. The molecule has 0 aromatic heterocycles. The predicted octanol–water partition coefficient (Wildman–Crippen LogP) is 29.2. The SMILES string of the molecule is CCCCCCCCCCCCCCCCCCCCC(COC(=O)CCCCCCCCCCCCCCCCCCC)(COC(=O)CCCCCCCCCCCCCCCCCCC)COC(=O)CCCCCCCCCCCCCCCCCCC. The zero-order valence-electron chi connectivity index (χ0n) is 62.2. The topological polar surface area (TPSA) is 78.9 Å². The molecule has 0 saturated heterocycles. The average Bonchev–Trinajstić information content (AvgIpc) is 2.52. The van der Waals surface area contributed by atoms with E-state index in [1.54, 1.807) is 0 Å². The molecule has 0 atom stereocenters. The average molecular weight is 1270 g/mol. The maximum absolute atomic E-state index is 13.5. The van der Waals surface area contributed by atoms with Gasteiger partial charge in [-0.25, -0.2) is 0 Å². The Balaban J connectivity index is 5.28. The fourth-order valence-electron chi connectivity index (χ4n) is 13.6. The minimum Gasteiger partial charge on any atom is -0.465 e. The van der Waals surface area contributed by atoms with Crippen molar-refractivity contribution in [1.82, 2.24) is 0 Å². The summed E-state index contributed by atoms with van der Waals surface area (Å²) in [7, 11) is 0. The third-order valence-electron chi connectivity index (χ3n) is 20.1. The van der Waals surface area contributed by atoms with Gasteiger partial charge in [-0.1, -0.05) is 451 Å². The molecule has 0 aliphatic rings. The van der Waals surface area contributed by atoms with Crippen LogP contribution >= 0.6 is 0 Å². The van der Waals surface area contributed by atoms with Gasteiger partial charge < -0.3 is 14.2 Å². The van der Waals surface area contributed by atoms with E-state index < -0.39 is 5.41 Å². The number of hydrogen-bond donors (Lipinski definition) is 0. The van der Waals surface area contributed by atoms with Crippen molar-refractivity contribution in [2.24, 2.45) is 5.41 Å². The molecule has 6 heteroatoms. The van der Waals surface area contributed by atoms with Crippen LogP contribution in [0.2, 0.25) is 0 Å². The van der Waals surface area contributed by atoms with Gasteiger partial charge in [0.05, 0.1) is 5.41 Å². The Labute approximate surface area is 565 Å². The molecule has 0 fully saturated rings. The first-order valence-corrected chi connectivity index (χ1v) is 41.9. The van der Waals surface area contributed by atoms with E-state index in [0.29, 0.717) is 25.7 Å². The summed E-state index contributed by atoms with van der Waals surface area (Å²) in [6.07, 6.45) is 92.5. The summed E-state index contributed by atoms with van der Waals surface area (Å²) in [6.45, 7) is 9.56. The van der Waals surface area contributed by atoms with Crippen LogP contribution < -0.4 is 0 Å². The molecule has 0 heterocycles. The molecular weight excluding hydrogens is 1100 g/mol. The van der Waals surface area contributed by atoms with Crippen molar-refractivity contribution in [2.75, 3.05) is 19.8 Å². The minimum absolute atomic E-state index is 0.128. The van der Waals surface area contributed by atoms with E-state index in [9.17, 15) is 14.4 Å². The number of unbranched alkanes of at least 4 members (excludes halogenated alkanes) is 65. The lowest BCUT2D eigenvalue weighted by molar-refractivity contribution is -0.163. The van der Waals surface area contributed by atoms with Gasteiger partial charge in [-0.15, -0.1) is 0 Å². The highest BCUT2D eigenvalue weighted by Gasteiger charge is 2.35. The summed E-state index contributed by atoms with van der Waals surface area (Å²) < 4.78 is 18.5. The van der Waals surface area contributed by atoms with E-state index in [1.807, 2.05) is 0 Å². The first-order valence-electron chi connectivity index (χ1n) is 41.9. The number of esters is 3. The van der Waals surface area contributed by atoms with Crippen molar-refractivity contribution in [2.45, 2.75) is 496 Å². The van der Waals surface area contributed by atoms with Gasteiger partial charge in [0.1, 0.15) is 19.8 Å². The lowest BCUT2D eigenvalue weighted by atomic mass is 9.84. The van der Waals surface area contributed by atoms with E-state index in [-0.39, 0.29) is 37.7 Å². The van der Waals surface area contributed by atoms with Gasteiger partial charge in [0.15, 0.2) is 0 Å². The van der Waals surface area contributed by atoms with Crippen LogP contribution in [0.3, 0.4) is 0 Å². The van der Waals surface area contributed by atoms with Gasteiger partial charge in [-0.2, -0.15) is 0 Å². The summed E-state index contributed by atoms with van der Waals surface area (Å²) in [5, 5.41) is 0. The molecule has 0 saturated carbocycles. The summed E-state index contributed by atoms with van der Waals surface area (Å²) in [5.41, 5.74) is -0.743. The van der Waals surface area contributed by atoms with E-state index in [1.165, 1.54) is 392 Å². The molecule has 0 radical (unpaired) electrons. The van der Waals surface area contributed by atoms with Crippen molar-refractivity contribution < 1.29 is 28.6 Å². The van der Waals surface area contributed by atoms with Gasteiger partial charge in [-0.3, -0.25) is 14.4 Å². The van der Waals surface area contributed by atoms with Gasteiger partial charge in [0, 0.05) is 19.3 Å². The lowest BCUT2D eigenvalue weighted by Crippen LogP contribution is -2.39. The highest BCUT2D eigenvalue weighted by Crippen LogP contribution is 2.30. The van der Waals surface area contributed by atoms with E-state index >= 15 is 0 Å². The van der Waals surface area contributed by atoms with Gasteiger partial charge in [0.2, 0.25) is 0 Å². The third kappa shape index (κ3) is 70.7. The predicted molar refractivity (Wildman–Crippen MR) is 395 cm³/mol. The Morgan fingerprint density at radius 1 is 0.178 bits per heavy atom. The van der Waals surface area contributed by atoms with E-state index in [4.69, 9.17) is 14.2 Å². The third-order valence-corrected chi connectivity index (χ3v) is 20.1. The maximum Gasteiger partial charge on any atom is 0.305 e. The quantitative estimate of drug-likeness (QED) is 0.0343. The van der Waals surface area contributed by atoms with Crippen molar-refractivity contribution in [1.29, 1.82) is 0 Å². The fraction of sp³-hybridized carbons (Fsp3) is 0.964. The van der Waals surface area contributed by atoms with Crippen LogP contribution in [-0.2, 0) is 28.6 Å². The van der Waals surface area contributed by atoms with Crippen molar-refractivity contribution >= 4 is 17.9 Å². The summed E-state index contributed by atoms with van der Waals surface area (Å²) in [6, 6.07) is 0. The Kier molecular flexibility index (Phi) is 75.1. The van der Waals surface area contributed by atoms with Crippen LogP contribution in [0.5, 0.6) is 0 Å². The number of hydrogen-bond acceptors (Lipinski definition) is 6. The molecular formula is C84H164O6. The Morgan fingerprint density at radius 3 is 0.444 bits per heavy atom. The largest absolute Gasteiger partial charge is 0.465 e. The molecule has 0 amide bonds. The second-order valence-electron chi connectivity index (χ2n) is 29.5. The molecule has 90 heavy (non-hydrogen) atoms. The standard InChI is InChI=1S/C84H164O6/c1-5-9-13-17-21-25-29-33-37-41-45-49-53-57-61-65-69-73-77-84(78-88-81(85)74-70-66-62-58-54-50-46-42-38-34-30-26-22-18-14-10-6-2,79-89-82(86)75-71-67-63-59-55-51-47-43-39-35-31-27-23-19-15-11-7-3)80-90-83(87)76-72-68-64-60-56-52-48-44-40-36-32-28-24-20-16-12-8-4/h5-80H2,1-4H3. The number of carbonyl (C=O) groups excluding carboxylic acids is 3. The van der Waals surface area contributed by atoms with E-state index in [2.05, 4.69) is 27.7 Å². The zero-order chi connectivity index (χ0) is 65.1. The molecule has 0 rings (SSSR count). The molecule has 0 aliphatic heterocycles. The van der Waals surface area contributed by atoms with Crippen LogP contribution in [0.15, 0.2) is 0 Å². The molecule has 6 nitrogen and oxygen atoms in total. The molecule has 0 bridgehead atoms. The fourth-order valence-corrected chi connectivity index (χ4v) is 13.6. The van der Waals surface area contributed by atoms with Gasteiger partial charge in [-0.05, 0) is 25.7 Å². The van der Waals surface area contributed by atoms with Crippen LogP contribution in [0.25, 0.3) is 0 Å². The van der Waals surface area contributed by atoms with Crippen LogP contribution in [0.1, 0.15) is 496 Å². The van der Waals surface area contributed by atoms with Crippen LogP contribution in [0.4, 0.5) is 0 Å². The Hall–Kier alpha value is -1.59. The minimum atomic E-state index is -0.743. The first-order chi connectivity index (χ1) is 44.4. The maximum atomic E-state index is 13.5. The Morgan fingerprint density at radius 2 is 0.300 bits per heavy atom. The van der Waals surface area contributed by atoms with Gasteiger partial charge >= 0.3 is 17.9 Å². The van der Waals surface area contributed by atoms with Crippen LogP contribution in [0, 0.1) is 5.41 Å².